The minimum absolute atomic E-state index is 0.173. The number of nitrogens with zero attached hydrogens (tertiary/aromatic N) is 1. The number of ether oxygens (including phenoxy) is 2. The summed E-state index contributed by atoms with van der Waals surface area (Å²) in [6, 6.07) is 16.7. The van der Waals surface area contributed by atoms with Gasteiger partial charge in [-0.1, -0.05) is 42.5 Å². The summed E-state index contributed by atoms with van der Waals surface area (Å²) in [5.74, 6) is -0.161. The molecule has 0 saturated carbocycles. The molecule has 0 aliphatic carbocycles. The Balaban J connectivity index is 2.11. The molecule has 1 amide bonds. The van der Waals surface area contributed by atoms with Crippen molar-refractivity contribution in [2.24, 2.45) is 0 Å². The molecule has 0 aliphatic heterocycles. The molecular weight excluding hydrogens is 388 g/mol. The van der Waals surface area contributed by atoms with Crippen molar-refractivity contribution in [3.63, 3.8) is 0 Å². The number of benzene rings is 2. The van der Waals surface area contributed by atoms with E-state index >= 15 is 0 Å². The van der Waals surface area contributed by atoms with E-state index in [9.17, 15) is 9.59 Å². The Morgan fingerprint density at radius 1 is 1.00 bits per heavy atom. The highest BCUT2D eigenvalue weighted by atomic mass is 32.1. The summed E-state index contributed by atoms with van der Waals surface area (Å²) in [6.07, 6.45) is 0.173. The van der Waals surface area contributed by atoms with E-state index in [4.69, 9.17) is 21.7 Å². The first kappa shape index (κ1) is 22.4. The Morgan fingerprint density at radius 2 is 1.69 bits per heavy atom. The number of para-hydroxylation sites is 1. The number of rotatable bonds is 9. The maximum absolute atomic E-state index is 12.8. The molecule has 0 heterocycles. The molecule has 154 valence electrons. The summed E-state index contributed by atoms with van der Waals surface area (Å²) in [5.41, 5.74) is 1.42. The third-order valence-electron chi connectivity index (χ3n) is 4.05. The van der Waals surface area contributed by atoms with E-state index in [2.05, 4.69) is 5.32 Å². The molecule has 7 heteroatoms. The molecule has 1 N–H and O–H groups in total. The van der Waals surface area contributed by atoms with Crippen molar-refractivity contribution in [2.75, 3.05) is 19.8 Å². The lowest BCUT2D eigenvalue weighted by molar-refractivity contribution is -0.143. The molecule has 0 aromatic heterocycles. The van der Waals surface area contributed by atoms with Crippen molar-refractivity contribution in [1.82, 2.24) is 10.2 Å². The fourth-order valence-electron chi connectivity index (χ4n) is 2.69. The summed E-state index contributed by atoms with van der Waals surface area (Å²) in [6.45, 7) is 5.20. The number of amides is 1. The van der Waals surface area contributed by atoms with E-state index in [1.807, 2.05) is 37.3 Å². The summed E-state index contributed by atoms with van der Waals surface area (Å²) >= 11 is 5.48. The quantitative estimate of drug-likeness (QED) is 0.500. The van der Waals surface area contributed by atoms with Crippen molar-refractivity contribution < 1.29 is 19.1 Å². The van der Waals surface area contributed by atoms with Crippen molar-refractivity contribution >= 4 is 29.2 Å². The standard InChI is InChI=1S/C22H26N2O4S/c1-3-27-19-13-9-8-12-18(19)21(26)23-22(29)24(15-14-20(25)28-4-2)16-17-10-6-5-7-11-17/h5-13H,3-4,14-16H2,1-2H3,(H,23,26,29). The summed E-state index contributed by atoms with van der Waals surface area (Å²) in [5, 5.41) is 3.00. The van der Waals surface area contributed by atoms with Crippen molar-refractivity contribution in [1.29, 1.82) is 0 Å². The molecule has 2 rings (SSSR count). The first-order chi connectivity index (χ1) is 14.0. The average molecular weight is 415 g/mol. The Kier molecular flexibility index (Phi) is 9.11. The van der Waals surface area contributed by atoms with Gasteiger partial charge in [-0.2, -0.15) is 0 Å². The molecule has 0 unspecified atom stereocenters. The Bertz CT molecular complexity index is 827. The van der Waals surface area contributed by atoms with Gasteiger partial charge in [-0.15, -0.1) is 0 Å². The Hall–Kier alpha value is -2.93. The van der Waals surface area contributed by atoms with Crippen LogP contribution in [-0.4, -0.2) is 41.6 Å². The summed E-state index contributed by atoms with van der Waals surface area (Å²) < 4.78 is 10.5. The summed E-state index contributed by atoms with van der Waals surface area (Å²) in [4.78, 5) is 26.3. The fraction of sp³-hybridized carbons (Fsp3) is 0.318. The number of nitrogens with one attached hydrogen (secondary N) is 1. The number of hydrogen-bond acceptors (Lipinski definition) is 5. The maximum Gasteiger partial charge on any atom is 0.307 e. The highest BCUT2D eigenvalue weighted by molar-refractivity contribution is 7.80. The normalized spacial score (nSPS) is 10.1. The van der Waals surface area contributed by atoms with Crippen molar-refractivity contribution in [3.05, 3.63) is 65.7 Å². The molecule has 0 aliphatic rings. The molecule has 0 spiro atoms. The molecule has 29 heavy (non-hydrogen) atoms. The lowest BCUT2D eigenvalue weighted by Crippen LogP contribution is -2.43. The second kappa shape index (κ2) is 11.8. The van der Waals surface area contributed by atoms with Crippen LogP contribution in [0.25, 0.3) is 0 Å². The van der Waals surface area contributed by atoms with Crippen molar-refractivity contribution in [3.8, 4) is 5.75 Å². The van der Waals surface area contributed by atoms with Gasteiger partial charge in [0, 0.05) is 13.1 Å². The zero-order valence-electron chi connectivity index (χ0n) is 16.7. The molecule has 2 aromatic rings. The molecule has 0 radical (unpaired) electrons. The predicted octanol–water partition coefficient (Wildman–Crippen LogP) is 3.56. The van der Waals surface area contributed by atoms with Crippen LogP contribution in [0.15, 0.2) is 54.6 Å². The van der Waals surface area contributed by atoms with Gasteiger partial charge in [0.25, 0.3) is 5.91 Å². The second-order valence-corrected chi connectivity index (χ2v) is 6.54. The minimum Gasteiger partial charge on any atom is -0.493 e. The third-order valence-corrected chi connectivity index (χ3v) is 4.41. The van der Waals surface area contributed by atoms with E-state index in [0.717, 1.165) is 5.56 Å². The van der Waals surface area contributed by atoms with E-state index in [0.29, 0.717) is 37.6 Å². The van der Waals surface area contributed by atoms with E-state index < -0.39 is 0 Å². The van der Waals surface area contributed by atoms with Gasteiger partial charge in [0.05, 0.1) is 25.2 Å². The first-order valence-electron chi connectivity index (χ1n) is 9.56. The highest BCUT2D eigenvalue weighted by Gasteiger charge is 2.18. The minimum atomic E-state index is -0.353. The Labute approximate surface area is 176 Å². The van der Waals surface area contributed by atoms with Gasteiger partial charge in [0.2, 0.25) is 0 Å². The van der Waals surface area contributed by atoms with Gasteiger partial charge in [-0.3, -0.25) is 14.9 Å². The molecule has 0 bridgehead atoms. The van der Waals surface area contributed by atoms with Crippen LogP contribution >= 0.6 is 12.2 Å². The average Bonchev–Trinajstić information content (AvgIpc) is 2.72. The molecule has 0 atom stereocenters. The number of carbonyl (C=O) groups is 2. The van der Waals surface area contributed by atoms with Crippen LogP contribution in [0.3, 0.4) is 0 Å². The van der Waals surface area contributed by atoms with E-state index in [1.54, 1.807) is 36.1 Å². The Morgan fingerprint density at radius 3 is 2.38 bits per heavy atom. The number of carbonyl (C=O) groups excluding carboxylic acids is 2. The van der Waals surface area contributed by atoms with Crippen LogP contribution in [0.5, 0.6) is 5.75 Å². The van der Waals surface area contributed by atoms with Gasteiger partial charge in [0.15, 0.2) is 5.11 Å². The molecule has 0 fully saturated rings. The predicted molar refractivity (Wildman–Crippen MR) is 116 cm³/mol. The van der Waals surface area contributed by atoms with E-state index in [-0.39, 0.29) is 23.4 Å². The lowest BCUT2D eigenvalue weighted by atomic mass is 10.2. The SMILES string of the molecule is CCOC(=O)CCN(Cc1ccccc1)C(=S)NC(=O)c1ccccc1OCC. The first-order valence-corrected chi connectivity index (χ1v) is 9.97. The van der Waals surface area contributed by atoms with Crippen LogP contribution in [-0.2, 0) is 16.1 Å². The monoisotopic (exact) mass is 414 g/mol. The highest BCUT2D eigenvalue weighted by Crippen LogP contribution is 2.18. The molecule has 2 aromatic carbocycles. The zero-order valence-corrected chi connectivity index (χ0v) is 17.5. The van der Waals surface area contributed by atoms with Gasteiger partial charge in [-0.25, -0.2) is 0 Å². The van der Waals surface area contributed by atoms with Crippen LogP contribution in [0.4, 0.5) is 0 Å². The second-order valence-electron chi connectivity index (χ2n) is 6.15. The fourth-order valence-corrected chi connectivity index (χ4v) is 2.94. The van der Waals surface area contributed by atoms with Crippen LogP contribution in [0, 0.1) is 0 Å². The zero-order chi connectivity index (χ0) is 21.1. The smallest absolute Gasteiger partial charge is 0.307 e. The van der Waals surface area contributed by atoms with Crippen LogP contribution in [0.2, 0.25) is 0 Å². The molecular formula is C22H26N2O4S. The van der Waals surface area contributed by atoms with Gasteiger partial charge < -0.3 is 14.4 Å². The topological polar surface area (TPSA) is 67.9 Å². The molecule has 6 nitrogen and oxygen atoms in total. The number of esters is 1. The van der Waals surface area contributed by atoms with E-state index in [1.165, 1.54) is 0 Å². The lowest BCUT2D eigenvalue weighted by Gasteiger charge is -2.25. The molecule has 0 saturated heterocycles. The van der Waals surface area contributed by atoms with Crippen LogP contribution in [0.1, 0.15) is 36.2 Å². The van der Waals surface area contributed by atoms with Gasteiger partial charge in [-0.05, 0) is 43.8 Å². The maximum atomic E-state index is 12.8. The number of hydrogen-bond donors (Lipinski definition) is 1. The largest absolute Gasteiger partial charge is 0.493 e. The van der Waals surface area contributed by atoms with Gasteiger partial charge >= 0.3 is 5.97 Å². The van der Waals surface area contributed by atoms with Crippen molar-refractivity contribution in [2.45, 2.75) is 26.8 Å². The summed E-state index contributed by atoms with van der Waals surface area (Å²) in [7, 11) is 0. The van der Waals surface area contributed by atoms with Crippen LogP contribution < -0.4 is 10.1 Å². The third kappa shape index (κ3) is 7.19. The number of thiocarbonyl (C=S) groups is 1. The van der Waals surface area contributed by atoms with Gasteiger partial charge in [0.1, 0.15) is 5.75 Å².